The van der Waals surface area contributed by atoms with Crippen LogP contribution >= 0.6 is 11.6 Å². The molecule has 1 fully saturated rings. The van der Waals surface area contributed by atoms with E-state index < -0.39 is 0 Å². The fraction of sp³-hybridized carbons (Fsp3) is 1.00. The van der Waals surface area contributed by atoms with Gasteiger partial charge in [0.2, 0.25) is 0 Å². The third-order valence-electron chi connectivity index (χ3n) is 3.00. The van der Waals surface area contributed by atoms with Crippen LogP contribution in [0.25, 0.3) is 0 Å². The molecule has 2 unspecified atom stereocenters. The van der Waals surface area contributed by atoms with Crippen LogP contribution in [0.5, 0.6) is 0 Å². The first kappa shape index (κ1) is 13.2. The molecule has 1 aliphatic rings. The average Bonchev–Trinajstić information content (AvgIpc) is 2.67. The molecule has 0 aromatic heterocycles. The molecular weight excluding hydrogens is 214 g/mol. The Labute approximate surface area is 97.7 Å². The van der Waals surface area contributed by atoms with Gasteiger partial charge in [-0.05, 0) is 19.4 Å². The smallest absolute Gasteiger partial charge is 0.0971 e. The molecule has 1 heterocycles. The van der Waals surface area contributed by atoms with Crippen molar-refractivity contribution < 1.29 is 9.47 Å². The molecule has 2 atom stereocenters. The van der Waals surface area contributed by atoms with Crippen LogP contribution in [-0.4, -0.2) is 56.8 Å². The van der Waals surface area contributed by atoms with E-state index in [9.17, 15) is 0 Å². The maximum atomic E-state index is 5.63. The van der Waals surface area contributed by atoms with Crippen LogP contribution in [0.4, 0.5) is 0 Å². The van der Waals surface area contributed by atoms with E-state index in [1.807, 2.05) is 0 Å². The molecule has 0 saturated carbocycles. The molecule has 0 aliphatic carbocycles. The van der Waals surface area contributed by atoms with Gasteiger partial charge in [0.25, 0.3) is 0 Å². The Kier molecular flexibility index (Phi) is 6.57. The van der Waals surface area contributed by atoms with Crippen LogP contribution in [0.1, 0.15) is 19.3 Å². The molecule has 0 radical (unpaired) electrons. The van der Waals surface area contributed by atoms with E-state index in [-0.39, 0.29) is 12.2 Å². The first-order valence-corrected chi connectivity index (χ1v) is 6.19. The first-order chi connectivity index (χ1) is 7.31. The van der Waals surface area contributed by atoms with Crippen molar-refractivity contribution >= 4 is 11.6 Å². The minimum atomic E-state index is 0.239. The Morgan fingerprint density at radius 1 is 1.07 bits per heavy atom. The van der Waals surface area contributed by atoms with Crippen LogP contribution in [-0.2, 0) is 9.47 Å². The molecule has 15 heavy (non-hydrogen) atoms. The highest BCUT2D eigenvalue weighted by Crippen LogP contribution is 2.16. The molecule has 90 valence electrons. The minimum absolute atomic E-state index is 0.239. The maximum absolute atomic E-state index is 5.63. The Balaban J connectivity index is 2.16. The second-order valence-corrected chi connectivity index (χ2v) is 4.44. The molecule has 0 aromatic rings. The molecule has 1 rings (SSSR count). The number of halogens is 1. The summed E-state index contributed by atoms with van der Waals surface area (Å²) in [6.07, 6.45) is 4.04. The summed E-state index contributed by atoms with van der Waals surface area (Å²) in [5.41, 5.74) is 0. The number of alkyl halides is 1. The molecule has 0 bridgehead atoms. The summed E-state index contributed by atoms with van der Waals surface area (Å²) in [6.45, 7) is 3.13. The standard InChI is InChI=1S/C11H22ClNO2/c1-14-10-8-13(9-11(10)15-2)7-5-3-4-6-12/h10-11H,3-9H2,1-2H3. The van der Waals surface area contributed by atoms with E-state index in [4.69, 9.17) is 21.1 Å². The summed E-state index contributed by atoms with van der Waals surface area (Å²) >= 11 is 5.63. The van der Waals surface area contributed by atoms with Crippen LogP contribution in [0.2, 0.25) is 0 Å². The summed E-state index contributed by atoms with van der Waals surface area (Å²) in [7, 11) is 3.52. The molecule has 1 saturated heterocycles. The topological polar surface area (TPSA) is 21.7 Å². The quantitative estimate of drug-likeness (QED) is 0.496. The highest BCUT2D eigenvalue weighted by Gasteiger charge is 2.32. The van der Waals surface area contributed by atoms with E-state index in [1.54, 1.807) is 14.2 Å². The van der Waals surface area contributed by atoms with Crippen molar-refractivity contribution in [3.8, 4) is 0 Å². The van der Waals surface area contributed by atoms with Crippen molar-refractivity contribution in [2.75, 3.05) is 39.7 Å². The van der Waals surface area contributed by atoms with Crippen molar-refractivity contribution in [3.05, 3.63) is 0 Å². The number of unbranched alkanes of at least 4 members (excludes halogenated alkanes) is 2. The third kappa shape index (κ3) is 4.27. The van der Waals surface area contributed by atoms with E-state index >= 15 is 0 Å². The van der Waals surface area contributed by atoms with Gasteiger partial charge in [0.15, 0.2) is 0 Å². The zero-order chi connectivity index (χ0) is 11.1. The Bertz CT molecular complexity index is 157. The lowest BCUT2D eigenvalue weighted by Crippen LogP contribution is -2.27. The summed E-state index contributed by atoms with van der Waals surface area (Å²) in [4.78, 5) is 2.41. The Hall–Kier alpha value is 0.170. The van der Waals surface area contributed by atoms with Gasteiger partial charge in [-0.15, -0.1) is 11.6 Å². The number of likely N-dealkylation sites (tertiary alicyclic amines) is 1. The third-order valence-corrected chi connectivity index (χ3v) is 3.27. The second kappa shape index (κ2) is 7.44. The largest absolute Gasteiger partial charge is 0.377 e. The lowest BCUT2D eigenvalue weighted by Gasteiger charge is -2.14. The maximum Gasteiger partial charge on any atom is 0.0971 e. The Morgan fingerprint density at radius 2 is 1.67 bits per heavy atom. The van der Waals surface area contributed by atoms with Gasteiger partial charge in [0.1, 0.15) is 0 Å². The molecule has 0 spiro atoms. The van der Waals surface area contributed by atoms with E-state index in [0.29, 0.717) is 0 Å². The molecule has 0 amide bonds. The summed E-state index contributed by atoms with van der Waals surface area (Å²) in [5, 5.41) is 0. The minimum Gasteiger partial charge on any atom is -0.377 e. The van der Waals surface area contributed by atoms with Gasteiger partial charge in [-0.25, -0.2) is 0 Å². The van der Waals surface area contributed by atoms with Crippen LogP contribution in [0, 0.1) is 0 Å². The molecule has 4 heteroatoms. The fourth-order valence-corrected chi connectivity index (χ4v) is 2.25. The van der Waals surface area contributed by atoms with E-state index in [1.165, 1.54) is 12.8 Å². The number of nitrogens with zero attached hydrogens (tertiary/aromatic N) is 1. The predicted molar refractivity (Wildman–Crippen MR) is 62.6 cm³/mol. The van der Waals surface area contributed by atoms with Crippen LogP contribution in [0.3, 0.4) is 0 Å². The van der Waals surface area contributed by atoms with Gasteiger partial charge in [0, 0.05) is 33.2 Å². The van der Waals surface area contributed by atoms with Crippen molar-refractivity contribution in [1.29, 1.82) is 0 Å². The van der Waals surface area contributed by atoms with Crippen molar-refractivity contribution in [3.63, 3.8) is 0 Å². The van der Waals surface area contributed by atoms with Gasteiger partial charge in [-0.2, -0.15) is 0 Å². The lowest BCUT2D eigenvalue weighted by atomic mass is 10.2. The number of rotatable bonds is 7. The normalized spacial score (nSPS) is 27.4. The van der Waals surface area contributed by atoms with Crippen LogP contribution < -0.4 is 0 Å². The highest BCUT2D eigenvalue weighted by molar-refractivity contribution is 6.17. The molecule has 3 nitrogen and oxygen atoms in total. The predicted octanol–water partition coefficient (Wildman–Crippen LogP) is 1.74. The lowest BCUT2D eigenvalue weighted by molar-refractivity contribution is -0.00461. The van der Waals surface area contributed by atoms with E-state index in [2.05, 4.69) is 4.90 Å². The Morgan fingerprint density at radius 3 is 2.13 bits per heavy atom. The second-order valence-electron chi connectivity index (χ2n) is 4.06. The average molecular weight is 236 g/mol. The monoisotopic (exact) mass is 235 g/mol. The molecule has 0 aromatic carbocycles. The number of ether oxygens (including phenoxy) is 2. The summed E-state index contributed by atoms with van der Waals surface area (Å²) < 4.78 is 10.8. The van der Waals surface area contributed by atoms with Gasteiger partial charge < -0.3 is 9.47 Å². The van der Waals surface area contributed by atoms with Gasteiger partial charge in [-0.3, -0.25) is 4.90 Å². The van der Waals surface area contributed by atoms with E-state index in [0.717, 1.165) is 31.9 Å². The van der Waals surface area contributed by atoms with Gasteiger partial charge in [-0.1, -0.05) is 6.42 Å². The summed E-state index contributed by atoms with van der Waals surface area (Å²) in [6, 6.07) is 0. The fourth-order valence-electron chi connectivity index (χ4n) is 2.06. The number of methoxy groups -OCH3 is 2. The highest BCUT2D eigenvalue weighted by atomic mass is 35.5. The van der Waals surface area contributed by atoms with Crippen molar-refractivity contribution in [2.45, 2.75) is 31.5 Å². The molecule has 1 aliphatic heterocycles. The number of hydrogen-bond acceptors (Lipinski definition) is 3. The first-order valence-electron chi connectivity index (χ1n) is 5.65. The zero-order valence-corrected chi connectivity index (χ0v) is 10.5. The number of hydrogen-bond donors (Lipinski definition) is 0. The molecule has 0 N–H and O–H groups in total. The van der Waals surface area contributed by atoms with Gasteiger partial charge in [0.05, 0.1) is 12.2 Å². The zero-order valence-electron chi connectivity index (χ0n) is 9.75. The SMILES string of the molecule is COC1CN(CCCCCCl)CC1OC. The van der Waals surface area contributed by atoms with Crippen molar-refractivity contribution in [1.82, 2.24) is 4.90 Å². The molecular formula is C11H22ClNO2. The van der Waals surface area contributed by atoms with Crippen LogP contribution in [0.15, 0.2) is 0 Å². The summed E-state index contributed by atoms with van der Waals surface area (Å²) in [5.74, 6) is 0.779. The van der Waals surface area contributed by atoms with Crippen molar-refractivity contribution in [2.24, 2.45) is 0 Å². The van der Waals surface area contributed by atoms with Gasteiger partial charge >= 0.3 is 0 Å².